The molecule has 0 N–H and O–H groups in total. The molecule has 10 heavy (non-hydrogen) atoms. The van der Waals surface area contributed by atoms with Crippen LogP contribution in [0.1, 0.15) is 46.5 Å². The smallest absolute Gasteiger partial charge is 0.0443 e. The van der Waals surface area contributed by atoms with E-state index in [-0.39, 0.29) is 0 Å². The van der Waals surface area contributed by atoms with Gasteiger partial charge in [-0.05, 0) is 5.92 Å². The normalized spacial score (nSPS) is 16.1. The zero-order valence-electron chi connectivity index (χ0n) is 7.56. The molecule has 1 fully saturated rings. The van der Waals surface area contributed by atoms with Gasteiger partial charge in [-0.3, -0.25) is 0 Å². The highest BCUT2D eigenvalue weighted by Gasteiger charge is 2.07. The number of terminal acetylenes is 1. The number of hydrogen-bond donors (Lipinski definition) is 0. The lowest BCUT2D eigenvalue weighted by atomic mass is 10.2. The van der Waals surface area contributed by atoms with Gasteiger partial charge in [-0.15, -0.1) is 12.8 Å². The van der Waals surface area contributed by atoms with Crippen LogP contribution in [-0.2, 0) is 0 Å². The lowest BCUT2D eigenvalue weighted by Gasteiger charge is -1.91. The van der Waals surface area contributed by atoms with Crippen LogP contribution in [0.4, 0.5) is 0 Å². The Morgan fingerprint density at radius 2 is 1.30 bits per heavy atom. The van der Waals surface area contributed by atoms with Crippen molar-refractivity contribution in [1.82, 2.24) is 0 Å². The van der Waals surface area contributed by atoms with Crippen molar-refractivity contribution in [2.45, 2.75) is 46.5 Å². The van der Waals surface area contributed by atoms with Gasteiger partial charge >= 0.3 is 0 Å². The predicted molar refractivity (Wildman–Crippen MR) is 48.9 cm³/mol. The first kappa shape index (κ1) is 12.3. The fourth-order valence-corrected chi connectivity index (χ4v) is 1.13. The molecule has 0 aliphatic heterocycles. The van der Waals surface area contributed by atoms with Crippen molar-refractivity contribution >= 4 is 0 Å². The minimum absolute atomic E-state index is 1.05. The molecule has 0 radical (unpaired) electrons. The van der Waals surface area contributed by atoms with Crippen LogP contribution in [0.15, 0.2) is 0 Å². The third-order valence-electron chi connectivity index (χ3n) is 1.64. The fourth-order valence-electron chi connectivity index (χ4n) is 1.13. The molecule has 0 unspecified atom stereocenters. The predicted octanol–water partition coefficient (Wildman–Crippen LogP) is 3.47. The average molecular weight is 140 g/mol. The topological polar surface area (TPSA) is 0 Å². The van der Waals surface area contributed by atoms with E-state index in [2.05, 4.69) is 19.8 Å². The van der Waals surface area contributed by atoms with Crippen molar-refractivity contribution in [2.75, 3.05) is 0 Å². The highest BCUT2D eigenvalue weighted by Crippen LogP contribution is 2.22. The van der Waals surface area contributed by atoms with E-state index in [4.69, 9.17) is 0 Å². The summed E-state index contributed by atoms with van der Waals surface area (Å²) in [7, 11) is 0. The molecule has 0 spiro atoms. The summed E-state index contributed by atoms with van der Waals surface area (Å²) in [6, 6.07) is 0. The summed E-state index contributed by atoms with van der Waals surface area (Å²) in [5, 5.41) is 0. The second-order valence-electron chi connectivity index (χ2n) is 2.39. The molecule has 1 rings (SSSR count). The molecule has 0 bridgehead atoms. The molecule has 60 valence electrons. The third kappa shape index (κ3) is 7.56. The molecule has 1 aliphatic rings. The second-order valence-corrected chi connectivity index (χ2v) is 2.39. The Morgan fingerprint density at radius 1 is 1.00 bits per heavy atom. The minimum atomic E-state index is 1.05. The number of rotatable bonds is 0. The Morgan fingerprint density at radius 3 is 1.40 bits per heavy atom. The Balaban J connectivity index is 0. The van der Waals surface area contributed by atoms with Gasteiger partial charge < -0.3 is 0 Å². The van der Waals surface area contributed by atoms with Crippen LogP contribution >= 0.6 is 0 Å². The first-order valence-electron chi connectivity index (χ1n) is 4.23. The van der Waals surface area contributed by atoms with Gasteiger partial charge in [-0.25, -0.2) is 0 Å². The standard InChI is InChI=1S/C6H12.C2H6.C2H2/c1-6-4-2-3-5-6;2*1-2/h6H,2-5H2,1H3;1-2H3;1-2H. The van der Waals surface area contributed by atoms with Crippen LogP contribution < -0.4 is 0 Å². The molecule has 1 saturated carbocycles. The Hall–Kier alpha value is -0.440. The minimum Gasteiger partial charge on any atom is -0.124 e. The third-order valence-corrected chi connectivity index (χ3v) is 1.64. The SMILES string of the molecule is C#C.CC.CC1CCCC1. The fraction of sp³-hybridized carbons (Fsp3) is 0.800. The molecule has 0 nitrogen and oxygen atoms in total. The Kier molecular flexibility index (Phi) is 13.9. The van der Waals surface area contributed by atoms with Gasteiger partial charge in [0, 0.05) is 0 Å². The van der Waals surface area contributed by atoms with Crippen LogP contribution in [0.2, 0.25) is 0 Å². The summed E-state index contributed by atoms with van der Waals surface area (Å²) in [6.07, 6.45) is 13.9. The first-order chi connectivity index (χ1) is 4.89. The maximum atomic E-state index is 4.00. The van der Waals surface area contributed by atoms with E-state index >= 15 is 0 Å². The van der Waals surface area contributed by atoms with Crippen LogP contribution in [0.3, 0.4) is 0 Å². The molecular formula is C10H20. The largest absolute Gasteiger partial charge is 0.124 e. The van der Waals surface area contributed by atoms with Gasteiger partial charge in [0.15, 0.2) is 0 Å². The van der Waals surface area contributed by atoms with E-state index in [1.807, 2.05) is 13.8 Å². The maximum Gasteiger partial charge on any atom is -0.0443 e. The summed E-state index contributed by atoms with van der Waals surface area (Å²) in [5.41, 5.74) is 0. The van der Waals surface area contributed by atoms with E-state index in [9.17, 15) is 0 Å². The van der Waals surface area contributed by atoms with E-state index in [0.717, 1.165) is 5.92 Å². The van der Waals surface area contributed by atoms with Gasteiger partial charge in [0.05, 0.1) is 0 Å². The zero-order chi connectivity index (χ0) is 8.41. The molecule has 0 aromatic carbocycles. The van der Waals surface area contributed by atoms with Gasteiger partial charge in [-0.1, -0.05) is 46.5 Å². The van der Waals surface area contributed by atoms with E-state index in [0.29, 0.717) is 0 Å². The lowest BCUT2D eigenvalue weighted by Crippen LogP contribution is -1.78. The highest BCUT2D eigenvalue weighted by atomic mass is 14.1. The van der Waals surface area contributed by atoms with Gasteiger partial charge in [0.1, 0.15) is 0 Å². The van der Waals surface area contributed by atoms with Gasteiger partial charge in [0.2, 0.25) is 0 Å². The van der Waals surface area contributed by atoms with E-state index < -0.39 is 0 Å². The monoisotopic (exact) mass is 140 g/mol. The van der Waals surface area contributed by atoms with Crippen LogP contribution in [-0.4, -0.2) is 0 Å². The first-order valence-corrected chi connectivity index (χ1v) is 4.23. The molecule has 0 heteroatoms. The summed E-state index contributed by atoms with van der Waals surface area (Å²) in [5.74, 6) is 1.05. The molecule has 0 amide bonds. The zero-order valence-corrected chi connectivity index (χ0v) is 7.56. The summed E-state index contributed by atoms with van der Waals surface area (Å²) in [4.78, 5) is 0. The molecule has 0 aromatic heterocycles. The lowest BCUT2D eigenvalue weighted by molar-refractivity contribution is 0.612. The van der Waals surface area contributed by atoms with Crippen LogP contribution in [0.5, 0.6) is 0 Å². The van der Waals surface area contributed by atoms with Crippen molar-refractivity contribution in [3.05, 3.63) is 0 Å². The molecule has 0 heterocycles. The Bertz CT molecular complexity index is 55.7. The van der Waals surface area contributed by atoms with E-state index in [1.165, 1.54) is 25.7 Å². The van der Waals surface area contributed by atoms with E-state index in [1.54, 1.807) is 0 Å². The average Bonchev–Trinajstić information content (AvgIpc) is 2.48. The number of hydrogen-bond acceptors (Lipinski definition) is 0. The van der Waals surface area contributed by atoms with Crippen molar-refractivity contribution in [3.63, 3.8) is 0 Å². The summed E-state index contributed by atoms with van der Waals surface area (Å²) < 4.78 is 0. The van der Waals surface area contributed by atoms with Crippen molar-refractivity contribution < 1.29 is 0 Å². The maximum absolute atomic E-state index is 4.00. The van der Waals surface area contributed by atoms with Crippen molar-refractivity contribution in [1.29, 1.82) is 0 Å². The quantitative estimate of drug-likeness (QED) is 0.452. The molecule has 0 atom stereocenters. The van der Waals surface area contributed by atoms with Gasteiger partial charge in [0.25, 0.3) is 0 Å². The van der Waals surface area contributed by atoms with Crippen LogP contribution in [0.25, 0.3) is 0 Å². The molecular weight excluding hydrogens is 120 g/mol. The summed E-state index contributed by atoms with van der Waals surface area (Å²) in [6.45, 7) is 6.34. The molecule has 1 aliphatic carbocycles. The highest BCUT2D eigenvalue weighted by molar-refractivity contribution is 4.60. The molecule has 0 aromatic rings. The van der Waals surface area contributed by atoms with Crippen molar-refractivity contribution in [2.24, 2.45) is 5.92 Å². The summed E-state index contributed by atoms with van der Waals surface area (Å²) >= 11 is 0. The van der Waals surface area contributed by atoms with Crippen molar-refractivity contribution in [3.8, 4) is 12.8 Å². The second kappa shape index (κ2) is 11.4. The van der Waals surface area contributed by atoms with Gasteiger partial charge in [-0.2, -0.15) is 0 Å². The Labute approximate surface area is 66.0 Å². The van der Waals surface area contributed by atoms with Crippen LogP contribution in [0, 0.1) is 18.8 Å². The molecule has 0 saturated heterocycles.